The molecule has 20 heteroatoms. The summed E-state index contributed by atoms with van der Waals surface area (Å²) < 4.78 is 39.5. The number of carboxylic acids is 1. The quantitative estimate of drug-likeness (QED) is 0.0444. The van der Waals surface area contributed by atoms with Crippen LogP contribution in [0.25, 0.3) is 11.1 Å². The van der Waals surface area contributed by atoms with Crippen LogP contribution in [0.3, 0.4) is 0 Å². The molecular formula is C27H36N9O9S2+. The number of nitrogens with two attached hydrogens (primary N) is 2. The van der Waals surface area contributed by atoms with E-state index in [1.807, 2.05) is 48.4 Å². The van der Waals surface area contributed by atoms with Crippen molar-refractivity contribution in [2.75, 3.05) is 30.8 Å². The monoisotopic (exact) mass is 694 g/mol. The molecule has 1 aliphatic rings. The van der Waals surface area contributed by atoms with E-state index < -0.39 is 51.6 Å². The van der Waals surface area contributed by atoms with E-state index >= 15 is 0 Å². The van der Waals surface area contributed by atoms with E-state index in [1.54, 1.807) is 11.9 Å². The topological polar surface area (TPSA) is 249 Å². The fourth-order valence-electron chi connectivity index (χ4n) is 4.74. The molecule has 3 aromatic rings. The molecule has 7 N–H and O–H groups in total. The first-order chi connectivity index (χ1) is 22.0. The number of carbonyl (C=O) groups excluding carboxylic acids is 2. The molecule has 4 rings (SSSR count). The number of aliphatic carboxylic acids is 1. The van der Waals surface area contributed by atoms with Gasteiger partial charge in [-0.3, -0.25) is 14.1 Å². The van der Waals surface area contributed by atoms with Gasteiger partial charge in [0.15, 0.2) is 17.9 Å². The zero-order valence-electron chi connectivity index (χ0n) is 25.9. The summed E-state index contributed by atoms with van der Waals surface area (Å²) in [7, 11) is -1.40. The minimum Gasteiger partial charge on any atom is -0.478 e. The second-order valence-corrected chi connectivity index (χ2v) is 13.1. The summed E-state index contributed by atoms with van der Waals surface area (Å²) in [5.74, 6) is -3.34. The van der Waals surface area contributed by atoms with Crippen molar-refractivity contribution < 1.29 is 46.3 Å². The summed E-state index contributed by atoms with van der Waals surface area (Å²) in [5, 5.41) is 17.9. The first-order valence-electron chi connectivity index (χ1n) is 14.1. The molecular weight excluding hydrogens is 658 g/mol. The first kappa shape index (κ1) is 35.2. The Labute approximate surface area is 274 Å². The normalized spacial score (nSPS) is 16.8. The summed E-state index contributed by atoms with van der Waals surface area (Å²) >= 11 is 0.978. The minimum absolute atomic E-state index is 0.0565. The van der Waals surface area contributed by atoms with Gasteiger partial charge in [-0.15, -0.1) is 20.3 Å². The maximum absolute atomic E-state index is 13.3. The van der Waals surface area contributed by atoms with Crippen molar-refractivity contribution >= 4 is 56.1 Å². The van der Waals surface area contributed by atoms with Gasteiger partial charge < -0.3 is 31.6 Å². The van der Waals surface area contributed by atoms with Crippen LogP contribution in [0.2, 0.25) is 0 Å². The van der Waals surface area contributed by atoms with Crippen LogP contribution < -0.4 is 26.4 Å². The molecule has 0 radical (unpaired) electrons. The Bertz CT molecular complexity index is 1770. The molecule has 3 heterocycles. The van der Waals surface area contributed by atoms with Gasteiger partial charge in [-0.1, -0.05) is 17.3 Å². The first-order valence-corrected chi connectivity index (χ1v) is 16.3. The van der Waals surface area contributed by atoms with Crippen LogP contribution in [-0.2, 0) is 47.5 Å². The number of hydrogen-bond acceptors (Lipinski definition) is 13. The lowest BCUT2D eigenvalue weighted by molar-refractivity contribution is -0.753. The summed E-state index contributed by atoms with van der Waals surface area (Å²) in [4.78, 5) is 49.0. The molecule has 1 fully saturated rings. The van der Waals surface area contributed by atoms with Gasteiger partial charge in [0.2, 0.25) is 12.3 Å². The number of nitrogens with zero attached hydrogens (tertiary/aromatic N) is 6. The largest absolute Gasteiger partial charge is 0.478 e. The number of oxime groups is 1. The Kier molecular flexibility index (Phi) is 10.5. The van der Waals surface area contributed by atoms with Crippen LogP contribution in [0.5, 0.6) is 0 Å². The maximum atomic E-state index is 13.3. The van der Waals surface area contributed by atoms with Crippen molar-refractivity contribution in [1.82, 2.24) is 20.0 Å². The number of hydroxylamine groups is 2. The second-order valence-electron chi connectivity index (χ2n) is 11.2. The summed E-state index contributed by atoms with van der Waals surface area (Å²) in [6.07, 6.45) is 3.32. The Balaban J connectivity index is 1.48. The number of likely N-dealkylation sites (N-methyl/N-ethyl adjacent to an activating group) is 1. The lowest BCUT2D eigenvalue weighted by atomic mass is 9.84. The van der Waals surface area contributed by atoms with Gasteiger partial charge >= 0.3 is 16.4 Å². The average Bonchev–Trinajstić information content (AvgIpc) is 3.61. The number of aryl methyl sites for hydroxylation is 2. The molecule has 254 valence electrons. The Morgan fingerprint density at radius 3 is 2.51 bits per heavy atom. The zero-order valence-corrected chi connectivity index (χ0v) is 27.6. The van der Waals surface area contributed by atoms with Crippen molar-refractivity contribution in [3.63, 3.8) is 0 Å². The zero-order chi connectivity index (χ0) is 34.7. The molecule has 2 atom stereocenters. The average molecular weight is 695 g/mol. The second kappa shape index (κ2) is 14.0. The Morgan fingerprint density at radius 2 is 1.96 bits per heavy atom. The molecule has 0 aliphatic carbocycles. The Hall–Kier alpha value is -4.63. The van der Waals surface area contributed by atoms with E-state index in [-0.39, 0.29) is 17.4 Å². The molecule has 0 spiro atoms. The van der Waals surface area contributed by atoms with E-state index in [1.165, 1.54) is 19.2 Å². The highest BCUT2D eigenvalue weighted by Crippen LogP contribution is 2.33. The number of rotatable bonds is 15. The number of thiazole rings is 1. The van der Waals surface area contributed by atoms with Crippen LogP contribution in [0.1, 0.15) is 26.0 Å². The van der Waals surface area contributed by atoms with Crippen LogP contribution in [0.15, 0.2) is 47.2 Å². The van der Waals surface area contributed by atoms with E-state index in [4.69, 9.17) is 20.9 Å². The Morgan fingerprint density at radius 1 is 1.28 bits per heavy atom. The van der Waals surface area contributed by atoms with Gasteiger partial charge in [0.25, 0.3) is 11.8 Å². The van der Waals surface area contributed by atoms with Gasteiger partial charge in [0, 0.05) is 18.1 Å². The number of aromatic nitrogens is 3. The third-order valence-electron chi connectivity index (χ3n) is 7.34. The number of hydrogen-bond donors (Lipinski definition) is 5. The summed E-state index contributed by atoms with van der Waals surface area (Å²) in [5.41, 5.74) is 12.0. The van der Waals surface area contributed by atoms with Crippen molar-refractivity contribution in [2.24, 2.45) is 17.9 Å². The number of nitrogens with one attached hydrogen (secondary N) is 1. The smallest absolute Gasteiger partial charge is 0.418 e. The standard InChI is InChI=1S/C27H35N9O9S2/c1-27(2)22(24(38)36(27)45-47(41,42)43)31-23(37)21(19-15-46-26(29)30-19)32-44-20(25(39)40)14-33(3)18-8-6-16(7-9-18)17-12-34(4)35(13-17)11-5-10-28/h6-9,12-13,15,20,22H,5,10-11,14,28H2,1-4H3,(H4-,29,30,31,37,39,40,41,42,43)/p+1/t20?,22-/m1/s1. The predicted molar refractivity (Wildman–Crippen MR) is 169 cm³/mol. The SMILES string of the molecule is CN(CC(ON=C(C(=O)N[C@@H]1C(=O)N(OS(=O)(=O)O)C1(C)C)c1csc(N)n1)C(=O)O)c1ccc(-c2cn(CCCN)[n+](C)c2)cc1. The van der Waals surface area contributed by atoms with Crippen molar-refractivity contribution in [1.29, 1.82) is 0 Å². The lowest BCUT2D eigenvalue weighted by Gasteiger charge is -2.50. The van der Waals surface area contributed by atoms with Gasteiger partial charge in [0.1, 0.15) is 11.7 Å². The van der Waals surface area contributed by atoms with Gasteiger partial charge in [-0.05, 0) is 44.5 Å². The van der Waals surface area contributed by atoms with Crippen LogP contribution in [0.4, 0.5) is 10.8 Å². The molecule has 0 saturated carbocycles. The number of β-lactam (4-membered cyclic amide) rings is 1. The lowest BCUT2D eigenvalue weighted by Crippen LogP contribution is -2.76. The van der Waals surface area contributed by atoms with Crippen molar-refractivity contribution in [2.45, 2.75) is 44.5 Å². The summed E-state index contributed by atoms with van der Waals surface area (Å²) in [6.45, 7) is 3.95. The summed E-state index contributed by atoms with van der Waals surface area (Å²) in [6, 6.07) is 6.16. The van der Waals surface area contributed by atoms with Crippen LogP contribution >= 0.6 is 11.3 Å². The van der Waals surface area contributed by atoms with Crippen molar-refractivity contribution in [3.05, 3.63) is 47.7 Å². The molecule has 18 nitrogen and oxygen atoms in total. The highest BCUT2D eigenvalue weighted by atomic mass is 32.3. The number of amides is 2. The van der Waals surface area contributed by atoms with Crippen LogP contribution in [-0.4, -0.2) is 94.1 Å². The number of carbonyl (C=O) groups is 3. The molecule has 1 unspecified atom stereocenters. The maximum Gasteiger partial charge on any atom is 0.418 e. The predicted octanol–water partition coefficient (Wildman–Crippen LogP) is -0.483. The number of carboxylic acid groups (broad SMARTS) is 1. The van der Waals surface area contributed by atoms with Crippen molar-refractivity contribution in [3.8, 4) is 11.1 Å². The molecule has 47 heavy (non-hydrogen) atoms. The third kappa shape index (κ3) is 8.21. The molecule has 1 saturated heterocycles. The number of benzene rings is 1. The minimum atomic E-state index is -5.01. The van der Waals surface area contributed by atoms with Gasteiger partial charge in [0.05, 0.1) is 30.4 Å². The van der Waals surface area contributed by atoms with Crippen LogP contribution in [0, 0.1) is 0 Å². The van der Waals surface area contributed by atoms with E-state index in [9.17, 15) is 27.9 Å². The highest BCUT2D eigenvalue weighted by molar-refractivity contribution is 7.80. The molecule has 1 aromatic carbocycles. The highest BCUT2D eigenvalue weighted by Gasteiger charge is 2.58. The van der Waals surface area contributed by atoms with Gasteiger partial charge in [-0.2, -0.15) is 18.2 Å². The fraction of sp³-hybridized carbons (Fsp3) is 0.407. The van der Waals surface area contributed by atoms with Gasteiger partial charge in [-0.25, -0.2) is 9.78 Å². The molecule has 2 amide bonds. The van der Waals surface area contributed by atoms with E-state index in [2.05, 4.69) is 24.4 Å². The third-order valence-corrected chi connectivity index (χ3v) is 8.35. The molecule has 1 aliphatic heterocycles. The molecule has 2 aromatic heterocycles. The number of anilines is 2. The number of nitrogen functional groups attached to an aromatic ring is 1. The molecule has 0 bridgehead atoms. The van der Waals surface area contributed by atoms with E-state index in [0.29, 0.717) is 17.3 Å². The fourth-order valence-corrected chi connectivity index (χ4v) is 5.74. The van der Waals surface area contributed by atoms with E-state index in [0.717, 1.165) is 35.4 Å².